The second-order valence-corrected chi connectivity index (χ2v) is 8.85. The number of aliphatic hydroxyl groups excluding tert-OH is 1. The number of methoxy groups -OCH3 is 2. The van der Waals surface area contributed by atoms with Crippen molar-refractivity contribution in [2.24, 2.45) is 0 Å². The van der Waals surface area contributed by atoms with Gasteiger partial charge in [-0.3, -0.25) is 14.6 Å². The van der Waals surface area contributed by atoms with E-state index in [4.69, 9.17) is 32.7 Å². The summed E-state index contributed by atoms with van der Waals surface area (Å²) in [5, 5.41) is 11.6. The third kappa shape index (κ3) is 4.04. The zero-order valence-electron chi connectivity index (χ0n) is 18.3. The van der Waals surface area contributed by atoms with E-state index in [0.29, 0.717) is 5.56 Å². The molecule has 1 saturated heterocycles. The number of carbonyl (C=O) groups excluding carboxylic acids is 2. The number of benzene rings is 1. The Labute approximate surface area is 201 Å². The molecule has 7 nitrogen and oxygen atoms in total. The standard InChI is InChI=1S/C24H24Cl2N2O5/c1-32-22-15(12-16(25)23(33-2)18(22)26)20(29)17-19(13-8-10-27-11-9-13)28(24(31)21(17)30)14-6-4-3-5-7-14/h8-12,14,19,29H,3-7H2,1-2H3/b20-17+. The highest BCUT2D eigenvalue weighted by molar-refractivity contribution is 6.47. The first-order valence-electron chi connectivity index (χ1n) is 10.7. The minimum Gasteiger partial charge on any atom is -0.507 e. The van der Waals surface area contributed by atoms with Crippen molar-refractivity contribution >= 4 is 40.7 Å². The fourth-order valence-electron chi connectivity index (χ4n) is 4.75. The number of Topliss-reactive ketones (excluding diaryl/α,β-unsaturated/α-hetero) is 1. The minimum atomic E-state index is -0.763. The Hall–Kier alpha value is -2.77. The zero-order valence-corrected chi connectivity index (χ0v) is 19.8. The Kier molecular flexibility index (Phi) is 6.81. The molecular formula is C24H24Cl2N2O5. The molecule has 1 aromatic heterocycles. The maximum Gasteiger partial charge on any atom is 0.295 e. The summed E-state index contributed by atoms with van der Waals surface area (Å²) >= 11 is 12.7. The van der Waals surface area contributed by atoms with E-state index in [1.54, 1.807) is 29.4 Å². The maximum atomic E-state index is 13.3. The zero-order chi connectivity index (χ0) is 23.7. The Bertz CT molecular complexity index is 1110. The predicted octanol–water partition coefficient (Wildman–Crippen LogP) is 5.16. The number of rotatable bonds is 5. The molecule has 0 bridgehead atoms. The number of pyridine rings is 1. The van der Waals surface area contributed by atoms with Crippen molar-refractivity contribution in [3.8, 4) is 11.5 Å². The van der Waals surface area contributed by atoms with Crippen molar-refractivity contribution in [1.82, 2.24) is 9.88 Å². The lowest BCUT2D eigenvalue weighted by Gasteiger charge is -2.35. The summed E-state index contributed by atoms with van der Waals surface area (Å²) in [7, 11) is 2.79. The lowest BCUT2D eigenvalue weighted by Crippen LogP contribution is -2.40. The van der Waals surface area contributed by atoms with Gasteiger partial charge in [0.15, 0.2) is 11.5 Å². The number of ether oxygens (including phenoxy) is 2. The molecule has 33 heavy (non-hydrogen) atoms. The van der Waals surface area contributed by atoms with Gasteiger partial charge in [-0.25, -0.2) is 0 Å². The number of hydrogen-bond acceptors (Lipinski definition) is 6. The molecule has 4 rings (SSSR count). The van der Waals surface area contributed by atoms with Crippen molar-refractivity contribution in [1.29, 1.82) is 0 Å². The molecule has 0 spiro atoms. The summed E-state index contributed by atoms with van der Waals surface area (Å²) < 4.78 is 10.6. The number of aliphatic hydroxyl groups is 1. The highest BCUT2D eigenvalue weighted by Gasteiger charge is 2.49. The van der Waals surface area contributed by atoms with Gasteiger partial charge >= 0.3 is 0 Å². The summed E-state index contributed by atoms with van der Waals surface area (Å²) in [6, 6.07) is 4.04. The molecule has 0 radical (unpaired) electrons. The van der Waals surface area contributed by atoms with Crippen LogP contribution in [0, 0.1) is 0 Å². The van der Waals surface area contributed by atoms with Crippen LogP contribution in [0.1, 0.15) is 49.3 Å². The van der Waals surface area contributed by atoms with E-state index in [1.807, 2.05) is 0 Å². The Balaban J connectivity index is 1.94. The monoisotopic (exact) mass is 490 g/mol. The summed E-state index contributed by atoms with van der Waals surface area (Å²) in [6.07, 6.45) is 7.86. The van der Waals surface area contributed by atoms with E-state index in [1.165, 1.54) is 20.3 Å². The second kappa shape index (κ2) is 9.61. The second-order valence-electron chi connectivity index (χ2n) is 8.07. The average Bonchev–Trinajstić information content (AvgIpc) is 3.10. The third-order valence-electron chi connectivity index (χ3n) is 6.26. The van der Waals surface area contributed by atoms with Gasteiger partial charge in [-0.05, 0) is 36.6 Å². The SMILES string of the molecule is COc1c(Cl)cc(/C(O)=C2\C(=O)C(=O)N(C3CCCCC3)C2c2ccncc2)c(OC)c1Cl. The molecular weight excluding hydrogens is 467 g/mol. The molecule has 2 aliphatic rings. The van der Waals surface area contributed by atoms with Crippen LogP contribution in [0.2, 0.25) is 10.0 Å². The summed E-state index contributed by atoms with van der Waals surface area (Å²) in [5.74, 6) is -1.52. The van der Waals surface area contributed by atoms with E-state index in [-0.39, 0.29) is 38.7 Å². The highest BCUT2D eigenvalue weighted by atomic mass is 35.5. The molecule has 174 valence electrons. The summed E-state index contributed by atoms with van der Waals surface area (Å²) in [5.41, 5.74) is 0.752. The van der Waals surface area contributed by atoms with Crippen molar-refractivity contribution in [3.05, 3.63) is 57.3 Å². The van der Waals surface area contributed by atoms with Crippen LogP contribution < -0.4 is 9.47 Å². The number of carbonyl (C=O) groups is 2. The van der Waals surface area contributed by atoms with Crippen molar-refractivity contribution < 1.29 is 24.2 Å². The number of aromatic nitrogens is 1. The van der Waals surface area contributed by atoms with E-state index < -0.39 is 23.5 Å². The van der Waals surface area contributed by atoms with Crippen LogP contribution in [0.4, 0.5) is 0 Å². The molecule has 2 heterocycles. The van der Waals surface area contributed by atoms with Crippen molar-refractivity contribution in [3.63, 3.8) is 0 Å². The lowest BCUT2D eigenvalue weighted by atomic mass is 9.91. The molecule has 1 aliphatic heterocycles. The van der Waals surface area contributed by atoms with Crippen molar-refractivity contribution in [2.75, 3.05) is 14.2 Å². The van der Waals surface area contributed by atoms with Gasteiger partial charge in [0.1, 0.15) is 10.8 Å². The molecule has 1 amide bonds. The topological polar surface area (TPSA) is 89.0 Å². The molecule has 2 fully saturated rings. The van der Waals surface area contributed by atoms with Crippen LogP contribution in [-0.2, 0) is 9.59 Å². The van der Waals surface area contributed by atoms with E-state index in [9.17, 15) is 14.7 Å². The van der Waals surface area contributed by atoms with E-state index in [2.05, 4.69) is 4.98 Å². The van der Waals surface area contributed by atoms with Crippen LogP contribution in [0.25, 0.3) is 5.76 Å². The van der Waals surface area contributed by atoms with Gasteiger partial charge in [0.05, 0.1) is 36.4 Å². The van der Waals surface area contributed by atoms with E-state index in [0.717, 1.165) is 32.1 Å². The summed E-state index contributed by atoms with van der Waals surface area (Å²) in [6.45, 7) is 0. The fourth-order valence-corrected chi connectivity index (χ4v) is 5.44. The first-order chi connectivity index (χ1) is 15.9. The van der Waals surface area contributed by atoms with E-state index >= 15 is 0 Å². The van der Waals surface area contributed by atoms with Gasteiger partial charge in [-0.2, -0.15) is 0 Å². The van der Waals surface area contributed by atoms with Crippen LogP contribution in [0.5, 0.6) is 11.5 Å². The third-order valence-corrected chi connectivity index (χ3v) is 6.89. The fraction of sp³-hybridized carbons (Fsp3) is 0.375. The summed E-state index contributed by atoms with van der Waals surface area (Å²) in [4.78, 5) is 32.2. The molecule has 2 aromatic rings. The predicted molar refractivity (Wildman–Crippen MR) is 125 cm³/mol. The molecule has 9 heteroatoms. The Morgan fingerprint density at radius 2 is 1.70 bits per heavy atom. The van der Waals surface area contributed by atoms with Gasteiger partial charge < -0.3 is 19.5 Å². The number of likely N-dealkylation sites (tertiary alicyclic amines) is 1. The first kappa shape index (κ1) is 23.4. The first-order valence-corrected chi connectivity index (χ1v) is 11.5. The molecule has 1 aromatic carbocycles. The largest absolute Gasteiger partial charge is 0.507 e. The highest BCUT2D eigenvalue weighted by Crippen LogP contribution is 2.48. The maximum absolute atomic E-state index is 13.3. The molecule has 1 saturated carbocycles. The number of halogens is 2. The molecule has 1 aliphatic carbocycles. The normalized spacial score (nSPS) is 20.8. The lowest BCUT2D eigenvalue weighted by molar-refractivity contribution is -0.141. The quantitative estimate of drug-likeness (QED) is 0.353. The van der Waals surface area contributed by atoms with Gasteiger partial charge in [0.2, 0.25) is 0 Å². The number of hydrogen-bond donors (Lipinski definition) is 1. The molecule has 1 atom stereocenters. The number of ketones is 1. The van der Waals surface area contributed by atoms with Crippen LogP contribution in [0.15, 0.2) is 36.2 Å². The van der Waals surface area contributed by atoms with Gasteiger partial charge in [0.25, 0.3) is 11.7 Å². The van der Waals surface area contributed by atoms with Gasteiger partial charge in [-0.1, -0.05) is 42.5 Å². The van der Waals surface area contributed by atoms with Crippen LogP contribution >= 0.6 is 23.2 Å². The Morgan fingerprint density at radius 3 is 2.30 bits per heavy atom. The number of nitrogens with zero attached hydrogens (tertiary/aromatic N) is 2. The minimum absolute atomic E-state index is 0.0348. The number of amides is 1. The average molecular weight is 491 g/mol. The molecule has 1 unspecified atom stereocenters. The van der Waals surface area contributed by atoms with Crippen LogP contribution in [-0.4, -0.2) is 46.9 Å². The van der Waals surface area contributed by atoms with Crippen LogP contribution in [0.3, 0.4) is 0 Å². The van der Waals surface area contributed by atoms with Crippen molar-refractivity contribution in [2.45, 2.75) is 44.2 Å². The smallest absolute Gasteiger partial charge is 0.295 e. The molecule has 1 N–H and O–H groups in total. The van der Waals surface area contributed by atoms with Gasteiger partial charge in [-0.15, -0.1) is 0 Å². The van der Waals surface area contributed by atoms with Gasteiger partial charge in [0, 0.05) is 18.4 Å². The Morgan fingerprint density at radius 1 is 1.06 bits per heavy atom.